The lowest BCUT2D eigenvalue weighted by molar-refractivity contribution is -0.137. The van der Waals surface area contributed by atoms with Gasteiger partial charge in [0.15, 0.2) is 0 Å². The minimum absolute atomic E-state index is 0.428. The Balaban J connectivity index is 1.88. The van der Waals surface area contributed by atoms with Gasteiger partial charge in [-0.2, -0.15) is 13.2 Å². The lowest BCUT2D eigenvalue weighted by atomic mass is 9.80. The van der Waals surface area contributed by atoms with E-state index in [0.29, 0.717) is 6.54 Å². The predicted octanol–water partition coefficient (Wildman–Crippen LogP) is 4.07. The fourth-order valence-corrected chi connectivity index (χ4v) is 3.28. The minimum Gasteiger partial charge on any atom is -0.317 e. The molecule has 0 spiro atoms. The van der Waals surface area contributed by atoms with Crippen molar-refractivity contribution in [2.75, 3.05) is 13.1 Å². The highest BCUT2D eigenvalue weighted by atomic mass is 19.4. The Labute approximate surface area is 140 Å². The number of hydrogen-bond acceptors (Lipinski definition) is 2. The SMILES string of the molecule is FC(F)(F)c1cccc(C2(NCc3ccccc3)CCNCC2)c1. The van der Waals surface area contributed by atoms with E-state index in [1.807, 2.05) is 30.3 Å². The number of halogens is 3. The van der Waals surface area contributed by atoms with Crippen molar-refractivity contribution < 1.29 is 13.2 Å². The third kappa shape index (κ3) is 3.79. The fraction of sp³-hybridized carbons (Fsp3) is 0.368. The van der Waals surface area contributed by atoms with Crippen LogP contribution in [0.15, 0.2) is 54.6 Å². The number of nitrogens with one attached hydrogen (secondary N) is 2. The van der Waals surface area contributed by atoms with E-state index < -0.39 is 17.3 Å². The van der Waals surface area contributed by atoms with Crippen molar-refractivity contribution in [1.82, 2.24) is 10.6 Å². The van der Waals surface area contributed by atoms with Crippen molar-refractivity contribution in [3.05, 3.63) is 71.3 Å². The van der Waals surface area contributed by atoms with Crippen LogP contribution in [0, 0.1) is 0 Å². The van der Waals surface area contributed by atoms with Crippen LogP contribution in [0.4, 0.5) is 13.2 Å². The van der Waals surface area contributed by atoms with E-state index in [2.05, 4.69) is 10.6 Å². The first-order valence-electron chi connectivity index (χ1n) is 8.17. The maximum absolute atomic E-state index is 13.1. The molecule has 1 fully saturated rings. The monoisotopic (exact) mass is 334 g/mol. The normalized spacial score (nSPS) is 17.6. The van der Waals surface area contributed by atoms with E-state index in [4.69, 9.17) is 0 Å². The second-order valence-corrected chi connectivity index (χ2v) is 6.25. The van der Waals surface area contributed by atoms with Crippen molar-refractivity contribution >= 4 is 0 Å². The topological polar surface area (TPSA) is 24.1 Å². The molecule has 0 saturated carbocycles. The van der Waals surface area contributed by atoms with E-state index in [9.17, 15) is 13.2 Å². The van der Waals surface area contributed by atoms with Crippen molar-refractivity contribution in [1.29, 1.82) is 0 Å². The Hall–Kier alpha value is -1.85. The van der Waals surface area contributed by atoms with Gasteiger partial charge in [-0.1, -0.05) is 42.5 Å². The van der Waals surface area contributed by atoms with E-state index in [0.717, 1.165) is 43.1 Å². The van der Waals surface area contributed by atoms with Crippen LogP contribution in [-0.4, -0.2) is 13.1 Å². The van der Waals surface area contributed by atoms with Gasteiger partial charge in [0, 0.05) is 12.1 Å². The molecule has 0 radical (unpaired) electrons. The standard InChI is InChI=1S/C19H21F3N2/c20-19(21,22)17-8-4-7-16(13-17)18(9-11-23-12-10-18)24-14-15-5-2-1-3-6-15/h1-8,13,23-24H,9-12,14H2. The number of benzene rings is 2. The lowest BCUT2D eigenvalue weighted by Gasteiger charge is -2.39. The molecule has 1 aliphatic heterocycles. The summed E-state index contributed by atoms with van der Waals surface area (Å²) in [7, 11) is 0. The number of alkyl halides is 3. The summed E-state index contributed by atoms with van der Waals surface area (Å²) in [6.45, 7) is 2.22. The summed E-state index contributed by atoms with van der Waals surface area (Å²) in [5, 5.41) is 6.83. The van der Waals surface area contributed by atoms with E-state index >= 15 is 0 Å². The van der Waals surface area contributed by atoms with Gasteiger partial charge in [0.2, 0.25) is 0 Å². The zero-order chi connectivity index (χ0) is 17.0. The summed E-state index contributed by atoms with van der Waals surface area (Å²) in [5.41, 5.74) is 0.832. The molecule has 0 aliphatic carbocycles. The molecule has 0 bridgehead atoms. The van der Waals surface area contributed by atoms with Crippen LogP contribution in [0.25, 0.3) is 0 Å². The van der Waals surface area contributed by atoms with Crippen molar-refractivity contribution in [3.8, 4) is 0 Å². The van der Waals surface area contributed by atoms with Crippen molar-refractivity contribution in [3.63, 3.8) is 0 Å². The zero-order valence-electron chi connectivity index (χ0n) is 13.4. The summed E-state index contributed by atoms with van der Waals surface area (Å²) >= 11 is 0. The second-order valence-electron chi connectivity index (χ2n) is 6.25. The van der Waals surface area contributed by atoms with E-state index in [1.165, 1.54) is 12.1 Å². The highest BCUT2D eigenvalue weighted by Gasteiger charge is 2.36. The molecule has 3 rings (SSSR count). The maximum atomic E-state index is 13.1. The Morgan fingerprint density at radius 3 is 2.33 bits per heavy atom. The van der Waals surface area contributed by atoms with Gasteiger partial charge in [-0.25, -0.2) is 0 Å². The summed E-state index contributed by atoms with van der Waals surface area (Å²) in [5.74, 6) is 0. The molecule has 1 aliphatic rings. The average molecular weight is 334 g/mol. The van der Waals surface area contributed by atoms with Crippen LogP contribution in [0.1, 0.15) is 29.5 Å². The van der Waals surface area contributed by atoms with Gasteiger partial charge in [-0.05, 0) is 49.2 Å². The number of hydrogen-bond donors (Lipinski definition) is 2. The van der Waals surface area contributed by atoms with Crippen molar-refractivity contribution in [2.45, 2.75) is 31.1 Å². The zero-order valence-corrected chi connectivity index (χ0v) is 13.4. The molecule has 2 nitrogen and oxygen atoms in total. The molecule has 0 unspecified atom stereocenters. The molecule has 0 aromatic heterocycles. The molecule has 128 valence electrons. The first-order valence-corrected chi connectivity index (χ1v) is 8.17. The van der Waals surface area contributed by atoms with E-state index in [1.54, 1.807) is 6.07 Å². The van der Waals surface area contributed by atoms with Crippen LogP contribution in [-0.2, 0) is 18.3 Å². The maximum Gasteiger partial charge on any atom is 0.416 e. The van der Waals surface area contributed by atoms with Crippen LogP contribution < -0.4 is 10.6 Å². The third-order valence-corrected chi connectivity index (χ3v) is 4.67. The van der Waals surface area contributed by atoms with Gasteiger partial charge >= 0.3 is 6.18 Å². The highest BCUT2D eigenvalue weighted by molar-refractivity contribution is 5.32. The smallest absolute Gasteiger partial charge is 0.317 e. The quantitative estimate of drug-likeness (QED) is 0.881. The predicted molar refractivity (Wildman–Crippen MR) is 88.5 cm³/mol. The van der Waals surface area contributed by atoms with Gasteiger partial charge in [0.1, 0.15) is 0 Å². The Kier molecular flexibility index (Phi) is 4.92. The van der Waals surface area contributed by atoms with Crippen LogP contribution >= 0.6 is 0 Å². The summed E-state index contributed by atoms with van der Waals surface area (Å²) < 4.78 is 39.2. The Morgan fingerprint density at radius 1 is 0.958 bits per heavy atom. The molecule has 0 amide bonds. The Bertz CT molecular complexity index is 662. The summed E-state index contributed by atoms with van der Waals surface area (Å²) in [4.78, 5) is 0. The van der Waals surface area contributed by atoms with Gasteiger partial charge in [-0.15, -0.1) is 0 Å². The van der Waals surface area contributed by atoms with Crippen LogP contribution in [0.3, 0.4) is 0 Å². The average Bonchev–Trinajstić information content (AvgIpc) is 2.61. The van der Waals surface area contributed by atoms with Crippen molar-refractivity contribution in [2.24, 2.45) is 0 Å². The third-order valence-electron chi connectivity index (χ3n) is 4.67. The highest BCUT2D eigenvalue weighted by Crippen LogP contribution is 2.35. The number of rotatable bonds is 4. The van der Waals surface area contributed by atoms with Gasteiger partial charge in [-0.3, -0.25) is 0 Å². The first-order chi connectivity index (χ1) is 11.5. The lowest BCUT2D eigenvalue weighted by Crippen LogP contribution is -2.49. The van der Waals surface area contributed by atoms with Gasteiger partial charge in [0.05, 0.1) is 5.56 Å². The molecular formula is C19H21F3N2. The minimum atomic E-state index is -4.32. The molecule has 2 N–H and O–H groups in total. The molecule has 1 heterocycles. The second kappa shape index (κ2) is 6.95. The Morgan fingerprint density at radius 2 is 1.67 bits per heavy atom. The molecule has 0 atom stereocenters. The summed E-state index contributed by atoms with van der Waals surface area (Å²) in [6, 6.07) is 15.7. The molecule has 24 heavy (non-hydrogen) atoms. The summed E-state index contributed by atoms with van der Waals surface area (Å²) in [6.07, 6.45) is -2.79. The fourth-order valence-electron chi connectivity index (χ4n) is 3.28. The molecule has 5 heteroatoms. The van der Waals surface area contributed by atoms with Crippen LogP contribution in [0.2, 0.25) is 0 Å². The molecule has 1 saturated heterocycles. The van der Waals surface area contributed by atoms with Gasteiger partial charge < -0.3 is 10.6 Å². The molecule has 2 aromatic rings. The molecular weight excluding hydrogens is 313 g/mol. The van der Waals surface area contributed by atoms with Gasteiger partial charge in [0.25, 0.3) is 0 Å². The van der Waals surface area contributed by atoms with Crippen LogP contribution in [0.5, 0.6) is 0 Å². The largest absolute Gasteiger partial charge is 0.416 e. The number of piperidine rings is 1. The van der Waals surface area contributed by atoms with E-state index in [-0.39, 0.29) is 0 Å². The molecule has 2 aromatic carbocycles. The first kappa shape index (κ1) is 17.0.